The fourth-order valence-electron chi connectivity index (χ4n) is 3.86. The van der Waals surface area contributed by atoms with Crippen LogP contribution in [0.3, 0.4) is 0 Å². The zero-order chi connectivity index (χ0) is 20.9. The van der Waals surface area contributed by atoms with Gasteiger partial charge < -0.3 is 19.5 Å². The lowest BCUT2D eigenvalue weighted by Crippen LogP contribution is -2.44. The first kappa shape index (κ1) is 21.0. The molecule has 0 fully saturated rings. The second-order valence-electron chi connectivity index (χ2n) is 7.29. The Kier molecular flexibility index (Phi) is 6.68. The van der Waals surface area contributed by atoms with Crippen LogP contribution >= 0.6 is 0 Å². The van der Waals surface area contributed by atoms with Gasteiger partial charge in [0.05, 0.1) is 19.3 Å². The van der Waals surface area contributed by atoms with E-state index in [4.69, 9.17) is 14.2 Å². The molecule has 1 heterocycles. The topological polar surface area (TPSA) is 56.8 Å². The molecule has 1 aliphatic rings. The summed E-state index contributed by atoms with van der Waals surface area (Å²) in [6.07, 6.45) is 2.53. The number of benzene rings is 2. The lowest BCUT2D eigenvalue weighted by Gasteiger charge is -2.41. The predicted molar refractivity (Wildman–Crippen MR) is 114 cm³/mol. The zero-order valence-corrected chi connectivity index (χ0v) is 17.8. The highest BCUT2D eigenvalue weighted by molar-refractivity contribution is 5.95. The first-order valence-corrected chi connectivity index (χ1v) is 10.5. The smallest absolute Gasteiger partial charge is 0.251 e. The van der Waals surface area contributed by atoms with E-state index in [1.807, 2.05) is 38.1 Å². The molecule has 0 unspecified atom stereocenters. The minimum absolute atomic E-state index is 0.102. The minimum Gasteiger partial charge on any atom is -0.490 e. The van der Waals surface area contributed by atoms with Crippen LogP contribution in [0.5, 0.6) is 17.2 Å². The highest BCUT2D eigenvalue weighted by atomic mass is 16.5. The van der Waals surface area contributed by atoms with E-state index in [9.17, 15) is 4.79 Å². The average molecular weight is 398 g/mol. The molecule has 29 heavy (non-hydrogen) atoms. The van der Waals surface area contributed by atoms with Crippen molar-refractivity contribution in [2.45, 2.75) is 58.6 Å². The van der Waals surface area contributed by atoms with E-state index < -0.39 is 0 Å². The number of hydrogen-bond acceptors (Lipinski definition) is 4. The van der Waals surface area contributed by atoms with Crippen molar-refractivity contribution in [1.29, 1.82) is 0 Å². The zero-order valence-electron chi connectivity index (χ0n) is 17.8. The first-order valence-electron chi connectivity index (χ1n) is 10.5. The summed E-state index contributed by atoms with van der Waals surface area (Å²) in [4.78, 5) is 13.1. The normalized spacial score (nSPS) is 17.0. The van der Waals surface area contributed by atoms with Crippen LogP contribution in [0.25, 0.3) is 0 Å². The Bertz CT molecular complexity index is 845. The molecule has 2 aromatic rings. The van der Waals surface area contributed by atoms with Gasteiger partial charge in [0.15, 0.2) is 11.5 Å². The van der Waals surface area contributed by atoms with E-state index in [0.29, 0.717) is 30.3 Å². The van der Waals surface area contributed by atoms with E-state index in [0.717, 1.165) is 30.6 Å². The van der Waals surface area contributed by atoms with Crippen LogP contribution in [0.15, 0.2) is 42.5 Å². The van der Waals surface area contributed by atoms with Crippen LogP contribution in [-0.2, 0) is 0 Å². The third-order valence-electron chi connectivity index (χ3n) is 5.60. The third-order valence-corrected chi connectivity index (χ3v) is 5.60. The molecule has 0 bridgehead atoms. The van der Waals surface area contributed by atoms with Crippen molar-refractivity contribution in [1.82, 2.24) is 5.32 Å². The Morgan fingerprint density at radius 3 is 2.41 bits per heavy atom. The van der Waals surface area contributed by atoms with Crippen molar-refractivity contribution >= 4 is 5.91 Å². The number of para-hydroxylation sites is 1. The van der Waals surface area contributed by atoms with Crippen LogP contribution < -0.4 is 19.5 Å². The molecule has 0 spiro atoms. The van der Waals surface area contributed by atoms with Crippen LogP contribution in [0.4, 0.5) is 0 Å². The van der Waals surface area contributed by atoms with E-state index in [1.165, 1.54) is 0 Å². The fourth-order valence-corrected chi connectivity index (χ4v) is 3.86. The highest BCUT2D eigenvalue weighted by Gasteiger charge is 2.39. The van der Waals surface area contributed by atoms with Gasteiger partial charge in [0.2, 0.25) is 0 Å². The summed E-state index contributed by atoms with van der Waals surface area (Å²) >= 11 is 0. The van der Waals surface area contributed by atoms with Crippen molar-refractivity contribution in [2.75, 3.05) is 13.2 Å². The van der Waals surface area contributed by atoms with Crippen LogP contribution in [0.1, 0.15) is 68.9 Å². The lowest BCUT2D eigenvalue weighted by atomic mass is 9.83. The van der Waals surface area contributed by atoms with Gasteiger partial charge in [-0.05, 0) is 51.0 Å². The fraction of sp³-hybridized carbons (Fsp3) is 0.458. The number of rotatable bonds is 8. The van der Waals surface area contributed by atoms with Crippen molar-refractivity contribution in [3.05, 3.63) is 53.6 Å². The van der Waals surface area contributed by atoms with Crippen LogP contribution in [0.2, 0.25) is 0 Å². The van der Waals surface area contributed by atoms with E-state index >= 15 is 0 Å². The summed E-state index contributed by atoms with van der Waals surface area (Å²) in [5.41, 5.74) is 1.32. The van der Waals surface area contributed by atoms with Crippen molar-refractivity contribution in [2.24, 2.45) is 0 Å². The quantitative estimate of drug-likeness (QED) is 0.657. The van der Waals surface area contributed by atoms with Crippen LogP contribution in [-0.4, -0.2) is 24.7 Å². The molecular formula is C24H31NO4. The number of carbonyl (C=O) groups is 1. The van der Waals surface area contributed by atoms with E-state index in [-0.39, 0.29) is 17.6 Å². The van der Waals surface area contributed by atoms with Crippen molar-refractivity contribution in [3.8, 4) is 17.2 Å². The van der Waals surface area contributed by atoms with Gasteiger partial charge in [-0.2, -0.15) is 0 Å². The molecule has 1 atom stereocenters. The minimum atomic E-state index is -0.262. The summed E-state index contributed by atoms with van der Waals surface area (Å²) in [5, 5.41) is 3.22. The summed E-state index contributed by atoms with van der Waals surface area (Å²) < 4.78 is 17.6. The molecule has 156 valence electrons. The second kappa shape index (κ2) is 9.21. The number of nitrogens with one attached hydrogen (secondary N) is 1. The number of ether oxygens (including phenoxy) is 3. The SMILES string of the molecule is CCOc1ccc(C(=O)N[C@H]2CC(CC)(CC)Oc3ccccc32)cc1OCC. The molecule has 3 rings (SSSR count). The molecule has 5 heteroatoms. The molecule has 5 nitrogen and oxygen atoms in total. The third kappa shape index (κ3) is 4.50. The molecule has 0 aliphatic carbocycles. The van der Waals surface area contributed by atoms with Crippen molar-refractivity contribution in [3.63, 3.8) is 0 Å². The molecule has 0 radical (unpaired) electrons. The van der Waals surface area contributed by atoms with E-state index in [1.54, 1.807) is 18.2 Å². The maximum absolute atomic E-state index is 13.1. The average Bonchev–Trinajstić information content (AvgIpc) is 2.75. The van der Waals surface area contributed by atoms with Gasteiger partial charge in [0.1, 0.15) is 11.4 Å². The maximum Gasteiger partial charge on any atom is 0.251 e. The Morgan fingerprint density at radius 2 is 1.72 bits per heavy atom. The summed E-state index contributed by atoms with van der Waals surface area (Å²) in [6.45, 7) is 9.16. The van der Waals surface area contributed by atoms with Gasteiger partial charge in [-0.15, -0.1) is 0 Å². The predicted octanol–water partition coefficient (Wildman–Crippen LogP) is 5.30. The Balaban J connectivity index is 1.87. The van der Waals surface area contributed by atoms with Crippen LogP contribution in [0, 0.1) is 0 Å². The molecule has 1 amide bonds. The number of hydrogen-bond donors (Lipinski definition) is 1. The first-order chi connectivity index (χ1) is 14.1. The molecule has 1 N–H and O–H groups in total. The molecule has 0 saturated carbocycles. The van der Waals surface area contributed by atoms with Gasteiger partial charge >= 0.3 is 0 Å². The molecule has 1 aliphatic heterocycles. The molecule has 0 saturated heterocycles. The monoisotopic (exact) mass is 397 g/mol. The summed E-state index contributed by atoms with van der Waals surface area (Å²) in [5.74, 6) is 1.97. The summed E-state index contributed by atoms with van der Waals surface area (Å²) in [6, 6.07) is 13.2. The molecule has 2 aromatic carbocycles. The summed E-state index contributed by atoms with van der Waals surface area (Å²) in [7, 11) is 0. The largest absolute Gasteiger partial charge is 0.490 e. The second-order valence-corrected chi connectivity index (χ2v) is 7.29. The number of amides is 1. The Labute approximate surface area is 173 Å². The van der Waals surface area contributed by atoms with Crippen molar-refractivity contribution < 1.29 is 19.0 Å². The van der Waals surface area contributed by atoms with Gasteiger partial charge in [-0.1, -0.05) is 32.0 Å². The van der Waals surface area contributed by atoms with Gasteiger partial charge in [0, 0.05) is 17.5 Å². The lowest BCUT2D eigenvalue weighted by molar-refractivity contribution is 0.0227. The Hall–Kier alpha value is -2.69. The van der Waals surface area contributed by atoms with Gasteiger partial charge in [0.25, 0.3) is 5.91 Å². The molecule has 0 aromatic heterocycles. The standard InChI is InChI=1S/C24H31NO4/c1-5-24(6-2)16-19(18-11-9-10-12-20(18)29-24)25-23(26)17-13-14-21(27-7-3)22(15-17)28-8-4/h9-15,19H,5-8,16H2,1-4H3,(H,25,26)/t19-/m0/s1. The Morgan fingerprint density at radius 1 is 1.03 bits per heavy atom. The number of fused-ring (bicyclic) bond motifs is 1. The molecular weight excluding hydrogens is 366 g/mol. The maximum atomic E-state index is 13.1. The highest BCUT2D eigenvalue weighted by Crippen LogP contribution is 2.42. The number of carbonyl (C=O) groups excluding carboxylic acids is 1. The van der Waals surface area contributed by atoms with Gasteiger partial charge in [-0.3, -0.25) is 4.79 Å². The van der Waals surface area contributed by atoms with E-state index in [2.05, 4.69) is 19.2 Å². The van der Waals surface area contributed by atoms with Gasteiger partial charge in [-0.25, -0.2) is 0 Å².